The molecule has 0 saturated heterocycles. The second-order valence-corrected chi connectivity index (χ2v) is 8.96. The minimum atomic E-state index is -1.67. The highest BCUT2D eigenvalue weighted by Crippen LogP contribution is 2.36. The maximum absolute atomic E-state index is 14.3. The second-order valence-electron chi connectivity index (χ2n) is 7.52. The Morgan fingerprint density at radius 1 is 1.19 bits per heavy atom. The fourth-order valence-electron chi connectivity index (χ4n) is 3.07. The van der Waals surface area contributed by atoms with Crippen molar-refractivity contribution in [1.82, 2.24) is 9.88 Å². The van der Waals surface area contributed by atoms with Crippen LogP contribution in [0.2, 0.25) is 5.02 Å². The van der Waals surface area contributed by atoms with Crippen molar-refractivity contribution in [2.75, 3.05) is 6.54 Å². The minimum Gasteiger partial charge on any atom is -0.503 e. The van der Waals surface area contributed by atoms with E-state index in [1.807, 2.05) is 26.0 Å². The number of aryl methyl sites for hydroxylation is 1. The molecule has 3 rings (SSSR count). The van der Waals surface area contributed by atoms with Gasteiger partial charge >= 0.3 is 0 Å². The minimum absolute atomic E-state index is 0.0245. The Labute approximate surface area is 186 Å². The molecule has 1 heterocycles. The lowest BCUT2D eigenvalue weighted by Crippen LogP contribution is -2.33. The molecule has 0 radical (unpaired) electrons. The molecule has 0 atom stereocenters. The van der Waals surface area contributed by atoms with Crippen molar-refractivity contribution in [3.05, 3.63) is 68.9 Å². The van der Waals surface area contributed by atoms with E-state index in [9.17, 15) is 23.1 Å². The van der Waals surface area contributed by atoms with Crippen LogP contribution < -0.4 is 0 Å². The third kappa shape index (κ3) is 5.02. The summed E-state index contributed by atoms with van der Waals surface area (Å²) in [6, 6.07) is 7.75. The van der Waals surface area contributed by atoms with E-state index < -0.39 is 28.8 Å². The number of carbonyl (C=O) groups is 1. The number of benzene rings is 2. The lowest BCUT2D eigenvalue weighted by Gasteiger charge is -2.24. The van der Waals surface area contributed by atoms with Crippen LogP contribution in [-0.2, 0) is 6.54 Å². The third-order valence-corrected chi connectivity index (χ3v) is 5.94. The van der Waals surface area contributed by atoms with Crippen LogP contribution in [0.4, 0.5) is 13.2 Å². The molecule has 0 aliphatic rings. The van der Waals surface area contributed by atoms with Gasteiger partial charge in [0.15, 0.2) is 17.4 Å². The molecule has 0 fully saturated rings. The SMILES string of the molecule is Cc1nc(-c2cc(F)c(F)c(O)c2F)sc1C(=O)N(Cc1ccc(Cl)cc1)CC(C)C. The fraction of sp³-hybridized carbons (Fsp3) is 0.273. The lowest BCUT2D eigenvalue weighted by atomic mass is 10.1. The van der Waals surface area contributed by atoms with Crippen molar-refractivity contribution < 1.29 is 23.1 Å². The zero-order valence-electron chi connectivity index (χ0n) is 17.0. The highest BCUT2D eigenvalue weighted by atomic mass is 35.5. The largest absolute Gasteiger partial charge is 0.503 e. The maximum atomic E-state index is 14.3. The number of amides is 1. The predicted molar refractivity (Wildman–Crippen MR) is 115 cm³/mol. The number of aromatic hydroxyl groups is 1. The molecule has 3 aromatic rings. The molecule has 0 unspecified atom stereocenters. The number of halogens is 4. The standard InChI is InChI=1S/C22H20ClF3N2O2S/c1-11(2)9-28(10-13-4-6-14(23)7-5-13)22(30)20-12(3)27-21(31-20)15-8-16(24)18(26)19(29)17(15)25/h4-8,11,29H,9-10H2,1-3H3. The number of nitrogens with zero attached hydrogens (tertiary/aromatic N) is 2. The van der Waals surface area contributed by atoms with Gasteiger partial charge in [0.2, 0.25) is 5.82 Å². The number of thiazole rings is 1. The van der Waals surface area contributed by atoms with Crippen LogP contribution in [0.3, 0.4) is 0 Å². The van der Waals surface area contributed by atoms with Crippen LogP contribution in [0, 0.1) is 30.3 Å². The number of rotatable bonds is 6. The van der Waals surface area contributed by atoms with Gasteiger partial charge in [0.25, 0.3) is 5.91 Å². The Hall–Kier alpha value is -2.58. The second kappa shape index (κ2) is 9.28. The highest BCUT2D eigenvalue weighted by molar-refractivity contribution is 7.17. The van der Waals surface area contributed by atoms with Crippen LogP contribution in [0.1, 0.15) is 34.8 Å². The average molecular weight is 469 g/mol. The zero-order chi connectivity index (χ0) is 22.9. The van der Waals surface area contributed by atoms with Crippen LogP contribution in [0.5, 0.6) is 5.75 Å². The van der Waals surface area contributed by atoms with Crippen molar-refractivity contribution in [3.8, 4) is 16.3 Å². The first-order valence-electron chi connectivity index (χ1n) is 9.46. The summed E-state index contributed by atoms with van der Waals surface area (Å²) >= 11 is 6.79. The van der Waals surface area contributed by atoms with E-state index in [1.54, 1.807) is 24.0 Å². The third-order valence-electron chi connectivity index (χ3n) is 4.51. The van der Waals surface area contributed by atoms with Crippen molar-refractivity contribution in [3.63, 3.8) is 0 Å². The fourth-order valence-corrected chi connectivity index (χ4v) is 4.24. The Kier molecular flexibility index (Phi) is 6.91. The maximum Gasteiger partial charge on any atom is 0.266 e. The molecular weight excluding hydrogens is 449 g/mol. The van der Waals surface area contributed by atoms with Crippen LogP contribution >= 0.6 is 22.9 Å². The monoisotopic (exact) mass is 468 g/mol. The number of phenols is 1. The summed E-state index contributed by atoms with van der Waals surface area (Å²) in [4.78, 5) is 19.4. The molecule has 1 amide bonds. The molecule has 0 bridgehead atoms. The van der Waals surface area contributed by atoms with Crippen LogP contribution in [0.25, 0.3) is 10.6 Å². The molecule has 0 aliphatic carbocycles. The molecule has 4 nitrogen and oxygen atoms in total. The summed E-state index contributed by atoms with van der Waals surface area (Å²) in [5, 5.41) is 10.1. The number of phenolic OH excluding ortho intramolecular Hbond substituents is 1. The van der Waals surface area contributed by atoms with Gasteiger partial charge in [-0.05, 0) is 36.6 Å². The van der Waals surface area contributed by atoms with E-state index in [2.05, 4.69) is 4.98 Å². The van der Waals surface area contributed by atoms with Crippen molar-refractivity contribution in [1.29, 1.82) is 0 Å². The molecule has 1 N–H and O–H groups in total. The van der Waals surface area contributed by atoms with Gasteiger partial charge < -0.3 is 10.0 Å². The zero-order valence-corrected chi connectivity index (χ0v) is 18.6. The van der Waals surface area contributed by atoms with Gasteiger partial charge in [-0.1, -0.05) is 37.6 Å². The summed E-state index contributed by atoms with van der Waals surface area (Å²) in [5.74, 6) is -5.94. The topological polar surface area (TPSA) is 53.4 Å². The van der Waals surface area contributed by atoms with Crippen molar-refractivity contribution in [2.24, 2.45) is 5.92 Å². The first-order chi connectivity index (χ1) is 14.6. The molecule has 1 aromatic heterocycles. The van der Waals surface area contributed by atoms with Gasteiger partial charge in [-0.3, -0.25) is 4.79 Å². The first kappa shape index (κ1) is 23.1. The normalized spacial score (nSPS) is 11.2. The molecule has 0 spiro atoms. The summed E-state index contributed by atoms with van der Waals surface area (Å²) in [6.07, 6.45) is 0. The van der Waals surface area contributed by atoms with E-state index in [4.69, 9.17) is 11.6 Å². The molecule has 164 valence electrons. The quantitative estimate of drug-likeness (QED) is 0.439. The van der Waals surface area contributed by atoms with E-state index in [0.29, 0.717) is 29.9 Å². The molecule has 31 heavy (non-hydrogen) atoms. The van der Waals surface area contributed by atoms with Crippen LogP contribution in [0.15, 0.2) is 30.3 Å². The van der Waals surface area contributed by atoms with Gasteiger partial charge in [-0.2, -0.15) is 4.39 Å². The van der Waals surface area contributed by atoms with Crippen molar-refractivity contribution in [2.45, 2.75) is 27.3 Å². The lowest BCUT2D eigenvalue weighted by molar-refractivity contribution is 0.0726. The molecule has 0 aliphatic heterocycles. The number of hydrogen-bond donors (Lipinski definition) is 1. The van der Waals surface area contributed by atoms with Gasteiger partial charge in [0.05, 0.1) is 11.3 Å². The smallest absolute Gasteiger partial charge is 0.266 e. The van der Waals surface area contributed by atoms with E-state index in [-0.39, 0.29) is 21.7 Å². The highest BCUT2D eigenvalue weighted by Gasteiger charge is 2.26. The first-order valence-corrected chi connectivity index (χ1v) is 10.7. The molecular formula is C22H20ClF3N2O2S. The van der Waals surface area contributed by atoms with E-state index >= 15 is 0 Å². The average Bonchev–Trinajstić information content (AvgIpc) is 3.10. The molecule has 2 aromatic carbocycles. The summed E-state index contributed by atoms with van der Waals surface area (Å²) in [5.41, 5.74) is 0.813. The van der Waals surface area contributed by atoms with Crippen molar-refractivity contribution >= 4 is 28.8 Å². The Bertz CT molecular complexity index is 1120. The molecule has 9 heteroatoms. The Morgan fingerprint density at radius 3 is 2.45 bits per heavy atom. The van der Waals surface area contributed by atoms with E-state index in [1.165, 1.54) is 0 Å². The number of carbonyl (C=O) groups excluding carboxylic acids is 1. The Balaban J connectivity index is 1.96. The van der Waals surface area contributed by atoms with Gasteiger partial charge in [0.1, 0.15) is 9.88 Å². The number of aromatic nitrogens is 1. The van der Waals surface area contributed by atoms with Gasteiger partial charge in [0, 0.05) is 18.1 Å². The summed E-state index contributed by atoms with van der Waals surface area (Å²) < 4.78 is 41.4. The summed E-state index contributed by atoms with van der Waals surface area (Å²) in [6.45, 7) is 6.34. The van der Waals surface area contributed by atoms with Gasteiger partial charge in [-0.15, -0.1) is 11.3 Å². The van der Waals surface area contributed by atoms with E-state index in [0.717, 1.165) is 16.9 Å². The molecule has 0 saturated carbocycles. The van der Waals surface area contributed by atoms with Crippen LogP contribution in [-0.4, -0.2) is 27.4 Å². The Morgan fingerprint density at radius 2 is 1.84 bits per heavy atom. The van der Waals surface area contributed by atoms with Gasteiger partial charge in [-0.25, -0.2) is 13.8 Å². The number of hydrogen-bond acceptors (Lipinski definition) is 4. The summed E-state index contributed by atoms with van der Waals surface area (Å²) in [7, 11) is 0. The predicted octanol–water partition coefficient (Wildman–Crippen LogP) is 6.19.